The molecule has 0 aromatic heterocycles. The van der Waals surface area contributed by atoms with E-state index in [0.717, 1.165) is 13.2 Å². The largest absolute Gasteiger partial charge is 0.373 e. The molecule has 0 spiro atoms. The normalized spacial score (nSPS) is 43.5. The van der Waals surface area contributed by atoms with Gasteiger partial charge in [0, 0.05) is 12.5 Å². The van der Waals surface area contributed by atoms with Gasteiger partial charge in [0.25, 0.3) is 0 Å². The summed E-state index contributed by atoms with van der Waals surface area (Å²) in [7, 11) is 0. The van der Waals surface area contributed by atoms with Crippen molar-refractivity contribution in [1.82, 2.24) is 0 Å². The van der Waals surface area contributed by atoms with Gasteiger partial charge in [-0.1, -0.05) is 0 Å². The predicted molar refractivity (Wildman–Crippen MR) is 39.3 cm³/mol. The van der Waals surface area contributed by atoms with Crippen molar-refractivity contribution < 1.29 is 9.47 Å². The molecule has 0 bridgehead atoms. The van der Waals surface area contributed by atoms with E-state index >= 15 is 0 Å². The molecule has 1 aliphatic carbocycles. The zero-order valence-corrected chi connectivity index (χ0v) is 6.47. The lowest BCUT2D eigenvalue weighted by Crippen LogP contribution is -2.16. The number of hydrogen-bond acceptors (Lipinski definition) is 3. The number of nitrogens with two attached hydrogens (primary N) is 1. The Morgan fingerprint density at radius 1 is 1.20 bits per heavy atom. The Kier molecular flexibility index (Phi) is 2.52. The van der Waals surface area contributed by atoms with E-state index in [1.165, 1.54) is 0 Å². The molecule has 2 N–H and O–H groups in total. The van der Waals surface area contributed by atoms with E-state index in [2.05, 4.69) is 0 Å². The van der Waals surface area contributed by atoms with Crippen LogP contribution in [-0.4, -0.2) is 32.0 Å². The average molecular weight is 166 g/mol. The van der Waals surface area contributed by atoms with E-state index in [0.29, 0.717) is 24.7 Å². The van der Waals surface area contributed by atoms with Crippen LogP contribution >= 0.6 is 12.4 Å². The highest BCUT2D eigenvalue weighted by Gasteiger charge is 2.53. The zero-order valence-electron chi connectivity index (χ0n) is 5.66. The van der Waals surface area contributed by atoms with Gasteiger partial charge in [-0.2, -0.15) is 0 Å². The predicted octanol–water partition coefficient (Wildman–Crippen LogP) is -0.219. The second kappa shape index (κ2) is 3.05. The highest BCUT2D eigenvalue weighted by Crippen LogP contribution is 2.38. The summed E-state index contributed by atoms with van der Waals surface area (Å²) in [6.07, 6.45) is 0.674. The van der Waals surface area contributed by atoms with Crippen LogP contribution in [0.5, 0.6) is 0 Å². The Hall–Kier alpha value is 0.170. The molecule has 1 aliphatic heterocycles. The summed E-state index contributed by atoms with van der Waals surface area (Å²) in [6.45, 7) is 2.20. The molecule has 2 aliphatic rings. The topological polar surface area (TPSA) is 44.5 Å². The maximum atomic E-state index is 5.43. The summed E-state index contributed by atoms with van der Waals surface area (Å²) in [5.41, 5.74) is 5.43. The summed E-state index contributed by atoms with van der Waals surface area (Å²) < 4.78 is 10.7. The van der Waals surface area contributed by atoms with Gasteiger partial charge in [-0.3, -0.25) is 0 Å². The van der Waals surface area contributed by atoms with Gasteiger partial charge >= 0.3 is 0 Å². The second-order valence-corrected chi connectivity index (χ2v) is 2.57. The van der Waals surface area contributed by atoms with Crippen molar-refractivity contribution in [3.8, 4) is 0 Å². The smallest absolute Gasteiger partial charge is 0.0908 e. The Morgan fingerprint density at radius 2 is 1.70 bits per heavy atom. The van der Waals surface area contributed by atoms with Gasteiger partial charge in [-0.05, 0) is 0 Å². The van der Waals surface area contributed by atoms with Crippen LogP contribution in [0.3, 0.4) is 0 Å². The van der Waals surface area contributed by atoms with Crippen LogP contribution < -0.4 is 5.73 Å². The van der Waals surface area contributed by atoms with Gasteiger partial charge in [0.1, 0.15) is 0 Å². The molecule has 10 heavy (non-hydrogen) atoms. The van der Waals surface area contributed by atoms with E-state index < -0.39 is 0 Å². The van der Waals surface area contributed by atoms with E-state index in [9.17, 15) is 0 Å². The Balaban J connectivity index is 0.000000500. The molecule has 1 saturated carbocycles. The maximum Gasteiger partial charge on any atom is 0.0908 e. The molecule has 0 amide bonds. The van der Waals surface area contributed by atoms with Gasteiger partial charge < -0.3 is 15.2 Å². The van der Waals surface area contributed by atoms with E-state index in [1.807, 2.05) is 0 Å². The lowest BCUT2D eigenvalue weighted by Gasteiger charge is -2.09. The monoisotopic (exact) mass is 165 g/mol. The van der Waals surface area contributed by atoms with Gasteiger partial charge in [0.2, 0.25) is 0 Å². The van der Waals surface area contributed by atoms with Gasteiger partial charge in [0.15, 0.2) is 0 Å². The van der Waals surface area contributed by atoms with E-state index in [1.54, 1.807) is 0 Å². The van der Waals surface area contributed by atoms with Gasteiger partial charge in [0.05, 0.1) is 25.4 Å². The molecule has 4 heteroatoms. The minimum absolute atomic E-state index is 0. The Labute approximate surface area is 66.3 Å². The minimum Gasteiger partial charge on any atom is -0.373 e. The average Bonchev–Trinajstić information content (AvgIpc) is 2.60. The zero-order chi connectivity index (χ0) is 6.27. The standard InChI is InChI=1S/C6H11NO2.ClH/c7-3-4-5-6(4)9-2-1-8-5;/h4-6H,1-3,7H2;1H. The molecule has 0 aromatic carbocycles. The first-order valence-corrected chi connectivity index (χ1v) is 3.37. The molecule has 3 nitrogen and oxygen atoms in total. The first kappa shape index (κ1) is 8.27. The SMILES string of the molecule is Cl.NCC1C2OCCOC12. The van der Waals surface area contributed by atoms with Crippen molar-refractivity contribution in [1.29, 1.82) is 0 Å². The van der Waals surface area contributed by atoms with Gasteiger partial charge in [-0.25, -0.2) is 0 Å². The first-order chi connectivity index (χ1) is 4.43. The lowest BCUT2D eigenvalue weighted by molar-refractivity contribution is -0.0376. The first-order valence-electron chi connectivity index (χ1n) is 3.37. The third kappa shape index (κ3) is 1.14. The van der Waals surface area contributed by atoms with Crippen LogP contribution in [0, 0.1) is 5.92 Å². The van der Waals surface area contributed by atoms with Crippen molar-refractivity contribution in [2.75, 3.05) is 19.8 Å². The molecule has 0 radical (unpaired) electrons. The fourth-order valence-corrected chi connectivity index (χ4v) is 1.39. The molecule has 2 atom stereocenters. The fraction of sp³-hybridized carbons (Fsp3) is 1.00. The van der Waals surface area contributed by atoms with Crippen molar-refractivity contribution in [3.05, 3.63) is 0 Å². The third-order valence-electron chi connectivity index (χ3n) is 2.00. The van der Waals surface area contributed by atoms with Crippen molar-refractivity contribution in [2.24, 2.45) is 11.7 Å². The van der Waals surface area contributed by atoms with Crippen LogP contribution in [0.1, 0.15) is 0 Å². The molecule has 2 rings (SSSR count). The fourth-order valence-electron chi connectivity index (χ4n) is 1.39. The molecule has 60 valence electrons. The summed E-state index contributed by atoms with van der Waals surface area (Å²) >= 11 is 0. The maximum absolute atomic E-state index is 5.43. The minimum atomic E-state index is 0. The summed E-state index contributed by atoms with van der Waals surface area (Å²) in [5.74, 6) is 0.493. The molecule has 0 aromatic rings. The molecule has 1 saturated heterocycles. The number of hydrogen-bond donors (Lipinski definition) is 1. The van der Waals surface area contributed by atoms with E-state index in [4.69, 9.17) is 15.2 Å². The highest BCUT2D eigenvalue weighted by molar-refractivity contribution is 5.85. The number of ether oxygens (including phenoxy) is 2. The van der Waals surface area contributed by atoms with Crippen LogP contribution in [0.4, 0.5) is 0 Å². The van der Waals surface area contributed by atoms with Crippen LogP contribution in [0.2, 0.25) is 0 Å². The lowest BCUT2D eigenvalue weighted by atomic mass is 10.4. The number of rotatable bonds is 1. The molecular weight excluding hydrogens is 154 g/mol. The highest BCUT2D eigenvalue weighted by atomic mass is 35.5. The Morgan fingerprint density at radius 3 is 2.10 bits per heavy atom. The van der Waals surface area contributed by atoms with Crippen molar-refractivity contribution in [3.63, 3.8) is 0 Å². The van der Waals surface area contributed by atoms with Crippen LogP contribution in [-0.2, 0) is 9.47 Å². The second-order valence-electron chi connectivity index (χ2n) is 2.57. The van der Waals surface area contributed by atoms with Crippen LogP contribution in [0.25, 0.3) is 0 Å². The molecule has 2 fully saturated rings. The van der Waals surface area contributed by atoms with Gasteiger partial charge in [-0.15, -0.1) is 12.4 Å². The van der Waals surface area contributed by atoms with Crippen molar-refractivity contribution >= 4 is 12.4 Å². The summed E-state index contributed by atoms with van der Waals surface area (Å²) in [6, 6.07) is 0. The number of fused-ring (bicyclic) bond motifs is 1. The Bertz CT molecular complexity index is 104. The molecular formula is C6H12ClNO2. The van der Waals surface area contributed by atoms with E-state index in [-0.39, 0.29) is 12.4 Å². The summed E-state index contributed by atoms with van der Waals surface area (Å²) in [5, 5.41) is 0. The molecule has 2 unspecified atom stereocenters. The summed E-state index contributed by atoms with van der Waals surface area (Å²) in [4.78, 5) is 0. The van der Waals surface area contributed by atoms with Crippen LogP contribution in [0.15, 0.2) is 0 Å². The molecule has 1 heterocycles. The quantitative estimate of drug-likeness (QED) is 0.585. The third-order valence-corrected chi connectivity index (χ3v) is 2.00. The number of halogens is 1. The van der Waals surface area contributed by atoms with Crippen molar-refractivity contribution in [2.45, 2.75) is 12.2 Å².